The number of carbonyl (C=O) groups excluding carboxylic acids is 4. The van der Waals surface area contributed by atoms with E-state index < -0.39 is 23.4 Å². The van der Waals surface area contributed by atoms with Crippen LogP contribution < -0.4 is 10.6 Å². The van der Waals surface area contributed by atoms with Gasteiger partial charge in [-0.05, 0) is 54.4 Å². The fraction of sp³-hybridized carbons (Fsp3) is 0.667. The van der Waals surface area contributed by atoms with Gasteiger partial charge in [0, 0.05) is 0 Å². The first kappa shape index (κ1) is 29.0. The third kappa shape index (κ3) is 11.2. The minimum atomic E-state index is -0.520. The number of alkyl carbamates (subject to hydrolysis) is 2. The number of hydrogen-bond donors (Lipinski definition) is 2. The number of carbonyl (C=O) groups is 4. The second-order valence-electron chi connectivity index (χ2n) is 10.0. The molecule has 0 unspecified atom stereocenters. The lowest BCUT2D eigenvalue weighted by molar-refractivity contribution is -0.144. The molecule has 2 aliphatic carbocycles. The van der Waals surface area contributed by atoms with Crippen LogP contribution in [0, 0.1) is 11.8 Å². The van der Waals surface area contributed by atoms with E-state index in [2.05, 4.69) is 20.1 Å². The molecule has 2 amide bonds. The normalized spacial score (nSPS) is 23.3. The molecular weight excluding hydrogens is 444 g/mol. The zero-order chi connectivity index (χ0) is 26.1. The highest BCUT2D eigenvalue weighted by molar-refractivity contribution is 5.76. The van der Waals surface area contributed by atoms with Crippen LogP contribution in [-0.4, -0.2) is 61.6 Å². The van der Waals surface area contributed by atoms with E-state index in [4.69, 9.17) is 9.47 Å². The first-order valence-electron chi connectivity index (χ1n) is 11.1. The van der Waals surface area contributed by atoms with Crippen LogP contribution in [0.15, 0.2) is 24.3 Å². The van der Waals surface area contributed by atoms with Crippen molar-refractivity contribution in [2.75, 3.05) is 14.2 Å². The summed E-state index contributed by atoms with van der Waals surface area (Å²) in [5, 5.41) is 5.38. The van der Waals surface area contributed by atoms with Crippen LogP contribution in [-0.2, 0) is 28.5 Å². The van der Waals surface area contributed by atoms with Gasteiger partial charge in [-0.25, -0.2) is 9.59 Å². The summed E-state index contributed by atoms with van der Waals surface area (Å²) in [4.78, 5) is 45.5. The molecule has 0 aromatic heterocycles. The van der Waals surface area contributed by atoms with Crippen molar-refractivity contribution in [1.82, 2.24) is 10.6 Å². The molecule has 34 heavy (non-hydrogen) atoms. The largest absolute Gasteiger partial charge is 0.469 e. The molecule has 0 heterocycles. The predicted molar refractivity (Wildman–Crippen MR) is 125 cm³/mol. The van der Waals surface area contributed by atoms with Crippen molar-refractivity contribution in [2.45, 2.75) is 77.7 Å². The Hall–Kier alpha value is -3.04. The van der Waals surface area contributed by atoms with Gasteiger partial charge < -0.3 is 29.6 Å². The molecule has 2 aliphatic rings. The van der Waals surface area contributed by atoms with Gasteiger partial charge in [-0.3, -0.25) is 9.59 Å². The average molecular weight is 483 g/mol. The fourth-order valence-electron chi connectivity index (χ4n) is 3.18. The lowest BCUT2D eigenvalue weighted by Crippen LogP contribution is -2.38. The van der Waals surface area contributed by atoms with Gasteiger partial charge >= 0.3 is 24.1 Å². The topological polar surface area (TPSA) is 129 Å². The van der Waals surface area contributed by atoms with Crippen molar-refractivity contribution in [3.8, 4) is 0 Å². The number of nitrogens with one attached hydrogen (secondary N) is 2. The van der Waals surface area contributed by atoms with E-state index in [0.29, 0.717) is 12.8 Å². The van der Waals surface area contributed by atoms with Crippen molar-refractivity contribution >= 4 is 24.1 Å². The lowest BCUT2D eigenvalue weighted by Gasteiger charge is -2.21. The van der Waals surface area contributed by atoms with Crippen LogP contribution in [0.3, 0.4) is 0 Å². The van der Waals surface area contributed by atoms with Gasteiger partial charge in [-0.1, -0.05) is 24.3 Å². The van der Waals surface area contributed by atoms with Gasteiger partial charge in [-0.2, -0.15) is 0 Å². The van der Waals surface area contributed by atoms with Crippen molar-refractivity contribution in [3.05, 3.63) is 24.3 Å². The van der Waals surface area contributed by atoms with Gasteiger partial charge in [-0.15, -0.1) is 0 Å². The molecule has 0 saturated carbocycles. The smallest absolute Gasteiger partial charge is 0.408 e. The third-order valence-electron chi connectivity index (χ3n) is 4.58. The Kier molecular flexibility index (Phi) is 10.6. The Morgan fingerprint density at radius 3 is 1.24 bits per heavy atom. The highest BCUT2D eigenvalue weighted by Gasteiger charge is 2.29. The van der Waals surface area contributed by atoms with E-state index in [9.17, 15) is 19.2 Å². The van der Waals surface area contributed by atoms with E-state index in [1.54, 1.807) is 65.8 Å². The van der Waals surface area contributed by atoms with E-state index in [1.807, 2.05) is 0 Å². The van der Waals surface area contributed by atoms with Crippen LogP contribution in [0.5, 0.6) is 0 Å². The summed E-state index contributed by atoms with van der Waals surface area (Å²) in [7, 11) is 2.70. The minimum Gasteiger partial charge on any atom is -0.469 e. The van der Waals surface area contributed by atoms with Crippen LogP contribution in [0.2, 0.25) is 0 Å². The molecular formula is C24H38N2O8. The summed E-state index contributed by atoms with van der Waals surface area (Å²) in [6.45, 7) is 10.8. The van der Waals surface area contributed by atoms with Crippen molar-refractivity contribution in [2.24, 2.45) is 11.8 Å². The maximum Gasteiger partial charge on any atom is 0.408 e. The maximum atomic E-state index is 11.5. The van der Waals surface area contributed by atoms with E-state index in [0.717, 1.165) is 0 Å². The highest BCUT2D eigenvalue weighted by Crippen LogP contribution is 2.20. The maximum absolute atomic E-state index is 11.5. The third-order valence-corrected chi connectivity index (χ3v) is 4.58. The molecule has 10 nitrogen and oxygen atoms in total. The van der Waals surface area contributed by atoms with Crippen molar-refractivity contribution in [1.29, 1.82) is 0 Å². The lowest BCUT2D eigenvalue weighted by atomic mass is 10.1. The Labute approximate surface area is 201 Å². The molecule has 0 aromatic carbocycles. The van der Waals surface area contributed by atoms with Gasteiger partial charge in [0.05, 0.1) is 38.1 Å². The summed E-state index contributed by atoms with van der Waals surface area (Å²) in [5.41, 5.74) is -1.04. The first-order chi connectivity index (χ1) is 15.6. The zero-order valence-electron chi connectivity index (χ0n) is 21.3. The summed E-state index contributed by atoms with van der Waals surface area (Å²) in [6.07, 6.45) is 7.15. The van der Waals surface area contributed by atoms with Crippen LogP contribution >= 0.6 is 0 Å². The van der Waals surface area contributed by atoms with Gasteiger partial charge in [0.1, 0.15) is 11.2 Å². The average Bonchev–Trinajstić information content (AvgIpc) is 3.34. The van der Waals surface area contributed by atoms with Crippen molar-refractivity contribution in [3.63, 3.8) is 0 Å². The molecule has 192 valence electrons. The van der Waals surface area contributed by atoms with Crippen LogP contribution in [0.1, 0.15) is 54.4 Å². The van der Waals surface area contributed by atoms with Crippen LogP contribution in [0.25, 0.3) is 0 Å². The first-order valence-corrected chi connectivity index (χ1v) is 11.1. The minimum absolute atomic E-state index is 0.172. The van der Waals surface area contributed by atoms with E-state index in [-0.39, 0.29) is 35.9 Å². The Morgan fingerprint density at radius 2 is 0.971 bits per heavy atom. The number of amides is 2. The highest BCUT2D eigenvalue weighted by atomic mass is 16.6. The molecule has 0 aromatic rings. The summed E-state index contributed by atoms with van der Waals surface area (Å²) >= 11 is 0. The van der Waals surface area contributed by atoms with Gasteiger partial charge in [0.2, 0.25) is 0 Å². The number of hydrogen-bond acceptors (Lipinski definition) is 8. The molecule has 4 atom stereocenters. The van der Waals surface area contributed by atoms with Crippen molar-refractivity contribution < 1.29 is 38.1 Å². The Bertz CT molecular complexity index is 726. The predicted octanol–water partition coefficient (Wildman–Crippen LogP) is 3.26. The molecule has 2 rings (SSSR count). The summed E-state index contributed by atoms with van der Waals surface area (Å²) in [5.74, 6) is -1.12. The standard InChI is InChI=1S/2C12H19NO4/c2*1-12(2,3)17-11(15)13-9-6-5-8(7-9)10(14)16-4/h2*5-6,8-9H,7H2,1-4H3,(H,13,15)/t2*8-,9+/m10/s1. The second kappa shape index (κ2) is 12.4. The zero-order valence-corrected chi connectivity index (χ0v) is 21.3. The number of methoxy groups -OCH3 is 2. The fourth-order valence-corrected chi connectivity index (χ4v) is 3.18. The van der Waals surface area contributed by atoms with Crippen LogP contribution in [0.4, 0.5) is 9.59 Å². The molecule has 0 radical (unpaired) electrons. The van der Waals surface area contributed by atoms with E-state index >= 15 is 0 Å². The molecule has 0 spiro atoms. The molecule has 10 heteroatoms. The molecule has 0 saturated heterocycles. The number of esters is 2. The summed E-state index contributed by atoms with van der Waals surface area (Å²) in [6, 6.07) is -0.345. The molecule has 0 fully saturated rings. The quantitative estimate of drug-likeness (QED) is 0.355. The Morgan fingerprint density at radius 1 is 0.647 bits per heavy atom. The monoisotopic (exact) mass is 482 g/mol. The second-order valence-corrected chi connectivity index (χ2v) is 10.0. The number of ether oxygens (including phenoxy) is 4. The number of rotatable bonds is 4. The Balaban J connectivity index is 0.000000340. The van der Waals surface area contributed by atoms with Gasteiger partial charge in [0.25, 0.3) is 0 Å². The SMILES string of the molecule is COC(=O)[C@@H]1C=C[C@H](NC(=O)OC(C)(C)C)C1.COC(=O)[C@H]1C=C[C@@H](NC(=O)OC(C)(C)C)C1. The molecule has 0 bridgehead atoms. The molecule has 0 aliphatic heterocycles. The van der Waals surface area contributed by atoms with Gasteiger partial charge in [0.15, 0.2) is 0 Å². The molecule has 2 N–H and O–H groups in total. The summed E-state index contributed by atoms with van der Waals surface area (Å²) < 4.78 is 19.5. The van der Waals surface area contributed by atoms with E-state index in [1.165, 1.54) is 14.2 Å².